The third kappa shape index (κ3) is 5.43. The lowest BCUT2D eigenvalue weighted by Gasteiger charge is -2.20. The molecule has 1 aliphatic rings. The topological polar surface area (TPSA) is 105 Å². The molecule has 1 aromatic carbocycles. The summed E-state index contributed by atoms with van der Waals surface area (Å²) in [7, 11) is -2.29. The van der Waals surface area contributed by atoms with E-state index in [-0.39, 0.29) is 28.7 Å². The molecule has 0 unspecified atom stereocenters. The molecule has 0 aliphatic carbocycles. The molecule has 2 rings (SSSR count). The predicted octanol–water partition coefficient (Wildman–Crippen LogP) is 1.13. The maximum Gasteiger partial charge on any atom is 0.255 e. The average Bonchev–Trinajstić information content (AvgIpc) is 2.96. The largest absolute Gasteiger partial charge is 0.496 e. The molecule has 0 spiro atoms. The van der Waals surface area contributed by atoms with Gasteiger partial charge in [-0.05, 0) is 38.0 Å². The van der Waals surface area contributed by atoms with Crippen LogP contribution in [0.3, 0.4) is 0 Å². The second kappa shape index (κ2) is 9.70. The lowest BCUT2D eigenvalue weighted by Crippen LogP contribution is -2.37. The third-order valence-electron chi connectivity index (χ3n) is 4.40. The molecule has 1 aliphatic heterocycles. The van der Waals surface area contributed by atoms with E-state index in [9.17, 15) is 18.0 Å². The molecule has 1 heterocycles. The number of ether oxygens (including phenoxy) is 1. The molecule has 9 heteroatoms. The molecular weight excluding hydrogens is 370 g/mol. The van der Waals surface area contributed by atoms with Crippen molar-refractivity contribution in [2.24, 2.45) is 0 Å². The molecule has 1 fully saturated rings. The maximum absolute atomic E-state index is 13.0. The minimum Gasteiger partial charge on any atom is -0.496 e. The summed E-state index contributed by atoms with van der Waals surface area (Å²) in [5, 5.41) is 5.07. The molecule has 27 heavy (non-hydrogen) atoms. The molecule has 0 saturated carbocycles. The normalized spacial score (nSPS) is 15.6. The Hall–Kier alpha value is -2.13. The fourth-order valence-corrected chi connectivity index (χ4v) is 4.52. The van der Waals surface area contributed by atoms with E-state index in [4.69, 9.17) is 4.74 Å². The minimum atomic E-state index is -3.69. The van der Waals surface area contributed by atoms with E-state index in [1.807, 2.05) is 0 Å². The molecule has 150 valence electrons. The number of nitrogens with one attached hydrogen (secondary N) is 2. The van der Waals surface area contributed by atoms with Crippen LogP contribution in [-0.4, -0.2) is 57.8 Å². The molecule has 1 aromatic rings. The SMILES string of the molecule is CCNC(=O)CNC(=O)c1cc(S(=O)(=O)N2CCCCCC2)ccc1OC. The Morgan fingerprint density at radius 2 is 1.78 bits per heavy atom. The molecule has 0 atom stereocenters. The van der Waals surface area contributed by atoms with Crippen LogP contribution in [0.25, 0.3) is 0 Å². The molecule has 0 bridgehead atoms. The van der Waals surface area contributed by atoms with Gasteiger partial charge in [-0.3, -0.25) is 9.59 Å². The highest BCUT2D eigenvalue weighted by molar-refractivity contribution is 7.89. The summed E-state index contributed by atoms with van der Waals surface area (Å²) in [5.74, 6) is -0.637. The summed E-state index contributed by atoms with van der Waals surface area (Å²) in [4.78, 5) is 24.1. The Kier molecular flexibility index (Phi) is 7.61. The number of hydrogen-bond acceptors (Lipinski definition) is 5. The van der Waals surface area contributed by atoms with Crippen LogP contribution in [0.1, 0.15) is 43.0 Å². The number of likely N-dealkylation sites (N-methyl/N-ethyl adjacent to an activating group) is 1. The number of carbonyl (C=O) groups is 2. The van der Waals surface area contributed by atoms with Crippen molar-refractivity contribution in [3.63, 3.8) is 0 Å². The Balaban J connectivity index is 2.25. The number of hydrogen-bond donors (Lipinski definition) is 2. The van der Waals surface area contributed by atoms with Gasteiger partial charge in [0, 0.05) is 19.6 Å². The van der Waals surface area contributed by atoms with Crippen LogP contribution < -0.4 is 15.4 Å². The van der Waals surface area contributed by atoms with Gasteiger partial charge in [-0.2, -0.15) is 4.31 Å². The average molecular weight is 397 g/mol. The summed E-state index contributed by atoms with van der Waals surface area (Å²) < 4.78 is 32.6. The Morgan fingerprint density at radius 3 is 2.37 bits per heavy atom. The van der Waals surface area contributed by atoms with Gasteiger partial charge in [-0.25, -0.2) is 8.42 Å². The summed E-state index contributed by atoms with van der Waals surface area (Å²) >= 11 is 0. The Morgan fingerprint density at radius 1 is 1.11 bits per heavy atom. The van der Waals surface area contributed by atoms with Gasteiger partial charge in [-0.15, -0.1) is 0 Å². The first kappa shape index (κ1) is 21.2. The van der Waals surface area contributed by atoms with E-state index in [0.717, 1.165) is 25.7 Å². The third-order valence-corrected chi connectivity index (χ3v) is 6.30. The number of carbonyl (C=O) groups excluding carboxylic acids is 2. The second-order valence-corrected chi connectivity index (χ2v) is 8.25. The predicted molar refractivity (Wildman–Crippen MR) is 101 cm³/mol. The van der Waals surface area contributed by atoms with Gasteiger partial charge in [0.25, 0.3) is 5.91 Å². The zero-order valence-electron chi connectivity index (χ0n) is 15.8. The fraction of sp³-hybridized carbons (Fsp3) is 0.556. The number of amides is 2. The standard InChI is InChI=1S/C18H27N3O5S/c1-3-19-17(22)13-20-18(23)15-12-14(8-9-16(15)26-2)27(24,25)21-10-6-4-5-7-11-21/h8-9,12H,3-7,10-11,13H2,1-2H3,(H,19,22)(H,20,23). The Labute approximate surface area is 160 Å². The van der Waals surface area contributed by atoms with Crippen molar-refractivity contribution in [1.29, 1.82) is 0 Å². The van der Waals surface area contributed by atoms with Crippen molar-refractivity contribution >= 4 is 21.8 Å². The second-order valence-electron chi connectivity index (χ2n) is 6.32. The first-order chi connectivity index (χ1) is 12.9. The van der Waals surface area contributed by atoms with Gasteiger partial charge in [0.05, 0.1) is 24.1 Å². The molecule has 8 nitrogen and oxygen atoms in total. The minimum absolute atomic E-state index is 0.0494. The van der Waals surface area contributed by atoms with Gasteiger partial charge in [-0.1, -0.05) is 12.8 Å². The van der Waals surface area contributed by atoms with E-state index in [2.05, 4.69) is 10.6 Å². The molecule has 2 N–H and O–H groups in total. The van der Waals surface area contributed by atoms with Gasteiger partial charge in [0.2, 0.25) is 15.9 Å². The van der Waals surface area contributed by atoms with Crippen molar-refractivity contribution in [3.8, 4) is 5.75 Å². The highest BCUT2D eigenvalue weighted by Crippen LogP contribution is 2.26. The quantitative estimate of drug-likeness (QED) is 0.718. The van der Waals surface area contributed by atoms with E-state index in [0.29, 0.717) is 19.6 Å². The van der Waals surface area contributed by atoms with E-state index in [1.54, 1.807) is 6.92 Å². The zero-order chi connectivity index (χ0) is 19.9. The van der Waals surface area contributed by atoms with Crippen LogP contribution in [0, 0.1) is 0 Å². The van der Waals surface area contributed by atoms with Crippen LogP contribution >= 0.6 is 0 Å². The van der Waals surface area contributed by atoms with Crippen molar-refractivity contribution in [2.45, 2.75) is 37.5 Å². The van der Waals surface area contributed by atoms with Crippen LogP contribution in [0.15, 0.2) is 23.1 Å². The van der Waals surface area contributed by atoms with Gasteiger partial charge in [0.1, 0.15) is 5.75 Å². The van der Waals surface area contributed by atoms with Crippen LogP contribution in [-0.2, 0) is 14.8 Å². The number of methoxy groups -OCH3 is 1. The zero-order valence-corrected chi connectivity index (χ0v) is 16.6. The van der Waals surface area contributed by atoms with Crippen molar-refractivity contribution in [3.05, 3.63) is 23.8 Å². The lowest BCUT2D eigenvalue weighted by atomic mass is 10.2. The number of benzene rings is 1. The first-order valence-corrected chi connectivity index (χ1v) is 10.6. The molecule has 1 saturated heterocycles. The van der Waals surface area contributed by atoms with Gasteiger partial charge >= 0.3 is 0 Å². The van der Waals surface area contributed by atoms with E-state index in [1.165, 1.54) is 29.6 Å². The van der Waals surface area contributed by atoms with Crippen molar-refractivity contribution < 1.29 is 22.7 Å². The maximum atomic E-state index is 13.0. The molecule has 2 amide bonds. The molecule has 0 aromatic heterocycles. The summed E-state index contributed by atoms with van der Waals surface area (Å²) in [6.07, 6.45) is 3.69. The Bertz CT molecular complexity index is 771. The smallest absolute Gasteiger partial charge is 0.255 e. The first-order valence-electron chi connectivity index (χ1n) is 9.13. The van der Waals surface area contributed by atoms with E-state index >= 15 is 0 Å². The van der Waals surface area contributed by atoms with Crippen LogP contribution in [0.4, 0.5) is 0 Å². The van der Waals surface area contributed by atoms with Crippen molar-refractivity contribution in [2.75, 3.05) is 33.3 Å². The summed E-state index contributed by atoms with van der Waals surface area (Å²) in [5.41, 5.74) is 0.0812. The molecular formula is C18H27N3O5S. The van der Waals surface area contributed by atoms with Crippen LogP contribution in [0.2, 0.25) is 0 Å². The lowest BCUT2D eigenvalue weighted by molar-refractivity contribution is -0.120. The number of rotatable bonds is 7. The van der Waals surface area contributed by atoms with Gasteiger partial charge < -0.3 is 15.4 Å². The fourth-order valence-electron chi connectivity index (χ4n) is 2.97. The van der Waals surface area contributed by atoms with Gasteiger partial charge in [0.15, 0.2) is 0 Å². The number of nitrogens with zero attached hydrogens (tertiary/aromatic N) is 1. The van der Waals surface area contributed by atoms with E-state index < -0.39 is 15.9 Å². The molecule has 0 radical (unpaired) electrons. The van der Waals surface area contributed by atoms with Crippen molar-refractivity contribution in [1.82, 2.24) is 14.9 Å². The highest BCUT2D eigenvalue weighted by atomic mass is 32.2. The summed E-state index contributed by atoms with van der Waals surface area (Å²) in [6, 6.07) is 4.22. The van der Waals surface area contributed by atoms with Crippen LogP contribution in [0.5, 0.6) is 5.75 Å². The monoisotopic (exact) mass is 397 g/mol. The summed E-state index contributed by atoms with van der Waals surface area (Å²) in [6.45, 7) is 3.00. The number of sulfonamides is 1. The highest BCUT2D eigenvalue weighted by Gasteiger charge is 2.27.